The van der Waals surface area contributed by atoms with Gasteiger partial charge in [-0.3, -0.25) is 0 Å². The van der Waals surface area contributed by atoms with Crippen LogP contribution < -0.4 is 10.1 Å². The number of nitrogens with zero attached hydrogens (tertiary/aromatic N) is 3. The van der Waals surface area contributed by atoms with Gasteiger partial charge in [0.15, 0.2) is 0 Å². The van der Waals surface area contributed by atoms with Gasteiger partial charge in [-0.05, 0) is 6.92 Å². The third-order valence-electron chi connectivity index (χ3n) is 2.90. The van der Waals surface area contributed by atoms with E-state index in [0.717, 1.165) is 25.9 Å². The highest BCUT2D eigenvalue weighted by Crippen LogP contribution is 2.16. The number of hydrogen-bond donors (Lipinski definition) is 1. The second-order valence-electron chi connectivity index (χ2n) is 4.19. The van der Waals surface area contributed by atoms with Gasteiger partial charge in [0, 0.05) is 44.7 Å². The maximum Gasteiger partial charge on any atom is 0.317 e. The zero-order chi connectivity index (χ0) is 12.8. The summed E-state index contributed by atoms with van der Waals surface area (Å²) in [5, 5.41) is 2.81. The van der Waals surface area contributed by atoms with Gasteiger partial charge >= 0.3 is 6.03 Å². The van der Waals surface area contributed by atoms with E-state index in [1.54, 1.807) is 12.3 Å². The third kappa shape index (κ3) is 3.32. The molecule has 6 nitrogen and oxygen atoms in total. The molecule has 0 aromatic carbocycles. The molecule has 1 fully saturated rings. The minimum Gasteiger partial charge on any atom is -0.474 e. The van der Waals surface area contributed by atoms with E-state index in [1.807, 2.05) is 11.8 Å². The molecule has 0 atom stereocenters. The summed E-state index contributed by atoms with van der Waals surface area (Å²) < 4.78 is 5.73. The Balaban J connectivity index is 1.78. The van der Waals surface area contributed by atoms with Crippen molar-refractivity contribution in [1.82, 2.24) is 20.2 Å². The van der Waals surface area contributed by atoms with E-state index in [4.69, 9.17) is 4.74 Å². The summed E-state index contributed by atoms with van der Waals surface area (Å²) in [5.74, 6) is 0.599. The highest BCUT2D eigenvalue weighted by atomic mass is 16.5. The van der Waals surface area contributed by atoms with Crippen molar-refractivity contribution in [2.75, 3.05) is 19.6 Å². The lowest BCUT2D eigenvalue weighted by Gasteiger charge is -2.31. The minimum absolute atomic E-state index is 0.0120. The number of aromatic nitrogens is 2. The average Bonchev–Trinajstić information content (AvgIpc) is 2.41. The first-order valence-electron chi connectivity index (χ1n) is 6.25. The summed E-state index contributed by atoms with van der Waals surface area (Å²) in [6.45, 7) is 4.03. The maximum absolute atomic E-state index is 11.6. The number of carbonyl (C=O) groups is 1. The monoisotopic (exact) mass is 250 g/mol. The Morgan fingerprint density at radius 3 is 2.94 bits per heavy atom. The number of rotatable bonds is 3. The highest BCUT2D eigenvalue weighted by molar-refractivity contribution is 5.74. The van der Waals surface area contributed by atoms with Crippen molar-refractivity contribution in [3.8, 4) is 5.88 Å². The fourth-order valence-electron chi connectivity index (χ4n) is 1.96. The van der Waals surface area contributed by atoms with Crippen molar-refractivity contribution in [3.05, 3.63) is 18.6 Å². The molecule has 0 aliphatic carbocycles. The molecular formula is C12H18N4O2. The number of ether oxygens (including phenoxy) is 1. The second kappa shape index (κ2) is 6.18. The standard InChI is InChI=1S/C12H18N4O2/c1-2-14-12(17)16-7-4-10(5-8-16)18-11-3-6-13-9-15-11/h3,6,9-10H,2,4-5,7-8H2,1H3,(H,14,17). The van der Waals surface area contributed by atoms with E-state index in [9.17, 15) is 4.79 Å². The van der Waals surface area contributed by atoms with E-state index >= 15 is 0 Å². The quantitative estimate of drug-likeness (QED) is 0.870. The molecule has 1 aliphatic heterocycles. The molecule has 1 aromatic rings. The minimum atomic E-state index is 0.0120. The number of carbonyl (C=O) groups excluding carboxylic acids is 1. The number of amides is 2. The number of hydrogen-bond acceptors (Lipinski definition) is 4. The molecule has 2 amide bonds. The molecule has 1 N–H and O–H groups in total. The Morgan fingerprint density at radius 1 is 1.56 bits per heavy atom. The normalized spacial score (nSPS) is 16.4. The van der Waals surface area contributed by atoms with Crippen LogP contribution >= 0.6 is 0 Å². The second-order valence-corrected chi connectivity index (χ2v) is 4.19. The fraction of sp³-hybridized carbons (Fsp3) is 0.583. The van der Waals surface area contributed by atoms with Gasteiger partial charge in [0.25, 0.3) is 0 Å². The Bertz CT molecular complexity index is 377. The van der Waals surface area contributed by atoms with Crippen LogP contribution in [0.25, 0.3) is 0 Å². The van der Waals surface area contributed by atoms with Gasteiger partial charge < -0.3 is 15.0 Å². The summed E-state index contributed by atoms with van der Waals surface area (Å²) >= 11 is 0. The number of likely N-dealkylation sites (tertiary alicyclic amines) is 1. The molecule has 1 saturated heterocycles. The zero-order valence-corrected chi connectivity index (χ0v) is 10.5. The van der Waals surface area contributed by atoms with Crippen LogP contribution in [0.3, 0.4) is 0 Å². The molecule has 1 aromatic heterocycles. The SMILES string of the molecule is CCNC(=O)N1CCC(Oc2ccncn2)CC1. The average molecular weight is 250 g/mol. The van der Waals surface area contributed by atoms with E-state index < -0.39 is 0 Å². The van der Waals surface area contributed by atoms with Gasteiger partial charge in [0.1, 0.15) is 12.4 Å². The highest BCUT2D eigenvalue weighted by Gasteiger charge is 2.23. The zero-order valence-electron chi connectivity index (χ0n) is 10.5. The lowest BCUT2D eigenvalue weighted by Crippen LogP contribution is -2.46. The fourth-order valence-corrected chi connectivity index (χ4v) is 1.96. The Hall–Kier alpha value is -1.85. The summed E-state index contributed by atoms with van der Waals surface area (Å²) in [5.41, 5.74) is 0. The van der Waals surface area contributed by atoms with Crippen molar-refractivity contribution >= 4 is 6.03 Å². The van der Waals surface area contributed by atoms with Gasteiger partial charge in [-0.2, -0.15) is 0 Å². The number of urea groups is 1. The summed E-state index contributed by atoms with van der Waals surface area (Å²) in [4.78, 5) is 21.3. The molecule has 18 heavy (non-hydrogen) atoms. The Morgan fingerprint density at radius 2 is 2.33 bits per heavy atom. The van der Waals surface area contributed by atoms with Crippen LogP contribution in [0.1, 0.15) is 19.8 Å². The molecular weight excluding hydrogens is 232 g/mol. The van der Waals surface area contributed by atoms with Crippen LogP contribution in [0.5, 0.6) is 5.88 Å². The van der Waals surface area contributed by atoms with Gasteiger partial charge in [-0.25, -0.2) is 14.8 Å². The van der Waals surface area contributed by atoms with Crippen LogP contribution in [0, 0.1) is 0 Å². The largest absolute Gasteiger partial charge is 0.474 e. The summed E-state index contributed by atoms with van der Waals surface area (Å²) in [6.07, 6.45) is 4.93. The molecule has 6 heteroatoms. The molecule has 0 spiro atoms. The van der Waals surface area contributed by atoms with E-state index in [1.165, 1.54) is 6.33 Å². The van der Waals surface area contributed by atoms with Gasteiger partial charge in [-0.15, -0.1) is 0 Å². The van der Waals surface area contributed by atoms with Gasteiger partial charge in [0.2, 0.25) is 5.88 Å². The van der Waals surface area contributed by atoms with Gasteiger partial charge in [-0.1, -0.05) is 0 Å². The topological polar surface area (TPSA) is 67.4 Å². The molecule has 1 aliphatic rings. The Labute approximate surface area is 106 Å². The molecule has 0 unspecified atom stereocenters. The van der Waals surface area contributed by atoms with Crippen LogP contribution in [0.15, 0.2) is 18.6 Å². The van der Waals surface area contributed by atoms with Crippen LogP contribution in [0.2, 0.25) is 0 Å². The molecule has 2 rings (SSSR count). The molecule has 0 radical (unpaired) electrons. The summed E-state index contributed by atoms with van der Waals surface area (Å²) in [7, 11) is 0. The van der Waals surface area contributed by atoms with Crippen molar-refractivity contribution in [3.63, 3.8) is 0 Å². The van der Waals surface area contributed by atoms with Gasteiger partial charge in [0.05, 0.1) is 0 Å². The first-order valence-corrected chi connectivity index (χ1v) is 6.25. The first kappa shape index (κ1) is 12.6. The number of piperidine rings is 1. The van der Waals surface area contributed by atoms with Crippen molar-refractivity contribution in [1.29, 1.82) is 0 Å². The van der Waals surface area contributed by atoms with Crippen LogP contribution in [-0.2, 0) is 0 Å². The molecule has 2 heterocycles. The van der Waals surface area contributed by atoms with Crippen molar-refractivity contribution in [2.24, 2.45) is 0 Å². The maximum atomic E-state index is 11.6. The smallest absolute Gasteiger partial charge is 0.317 e. The Kier molecular flexibility index (Phi) is 4.33. The molecule has 0 bridgehead atoms. The summed E-state index contributed by atoms with van der Waals surface area (Å²) in [6, 6.07) is 1.76. The van der Waals surface area contributed by atoms with Crippen LogP contribution in [0.4, 0.5) is 4.79 Å². The lowest BCUT2D eigenvalue weighted by atomic mass is 10.1. The van der Waals surface area contributed by atoms with E-state index in [0.29, 0.717) is 12.4 Å². The third-order valence-corrected chi connectivity index (χ3v) is 2.90. The lowest BCUT2D eigenvalue weighted by molar-refractivity contribution is 0.107. The molecule has 98 valence electrons. The predicted molar refractivity (Wildman–Crippen MR) is 66.3 cm³/mol. The van der Waals surface area contributed by atoms with Crippen LogP contribution in [-0.4, -0.2) is 46.6 Å². The van der Waals surface area contributed by atoms with E-state index in [-0.39, 0.29) is 12.1 Å². The van der Waals surface area contributed by atoms with E-state index in [2.05, 4.69) is 15.3 Å². The van der Waals surface area contributed by atoms with Crippen molar-refractivity contribution < 1.29 is 9.53 Å². The molecule has 0 saturated carbocycles. The predicted octanol–water partition coefficient (Wildman–Crippen LogP) is 1.05. The number of nitrogens with one attached hydrogen (secondary N) is 1. The first-order chi connectivity index (χ1) is 8.79. The van der Waals surface area contributed by atoms with Crippen molar-refractivity contribution in [2.45, 2.75) is 25.9 Å².